The quantitative estimate of drug-likeness (QED) is 0.264. The predicted octanol–water partition coefficient (Wildman–Crippen LogP) is -6.70. The average molecular weight is 224 g/mol. The highest BCUT2D eigenvalue weighted by molar-refractivity contribution is 7.40. The van der Waals surface area contributed by atoms with Crippen LogP contribution in [-0.4, -0.2) is 0 Å². The van der Waals surface area contributed by atoms with Crippen LogP contribution in [0.1, 0.15) is 0 Å². The summed E-state index contributed by atoms with van der Waals surface area (Å²) < 4.78 is 8.55. The topological polar surface area (TPSA) is 241 Å². The summed E-state index contributed by atoms with van der Waals surface area (Å²) >= 11 is 0. The standard InChI is InChI=1S/3CH2N2.H3O4P/c3*2-1-3;1-5(2,3)4/h3*2H2;(H3,1,2,3,4). The number of nitrogens with zero attached hydrogens (tertiary/aromatic N) is 3. The van der Waals surface area contributed by atoms with Crippen LogP contribution < -0.4 is 31.9 Å². The number of phosphoric acid groups is 1. The summed E-state index contributed by atoms with van der Waals surface area (Å²) in [6.07, 6.45) is 4.50. The second-order valence-electron chi connectivity index (χ2n) is 0.922. The van der Waals surface area contributed by atoms with Crippen LogP contribution in [0.2, 0.25) is 0 Å². The van der Waals surface area contributed by atoms with Crippen molar-refractivity contribution in [3.63, 3.8) is 0 Å². The maximum atomic E-state index is 8.55. The van der Waals surface area contributed by atoms with Crippen LogP contribution in [-0.2, 0) is 4.57 Å². The SMILES string of the molecule is N#C[NH3+].N#C[NH3+].N#C[NH3+].O=P([O-])([O-])[O-]. The molecule has 0 aromatic carbocycles. The van der Waals surface area contributed by atoms with E-state index in [9.17, 15) is 0 Å². The van der Waals surface area contributed by atoms with Gasteiger partial charge in [-0.05, 0) is 0 Å². The number of rotatable bonds is 0. The lowest BCUT2D eigenvalue weighted by Gasteiger charge is -2.36. The minimum atomic E-state index is -5.39. The van der Waals surface area contributed by atoms with E-state index >= 15 is 0 Å². The zero-order valence-corrected chi connectivity index (χ0v) is 7.94. The van der Waals surface area contributed by atoms with Gasteiger partial charge in [0.25, 0.3) is 0 Å². The van der Waals surface area contributed by atoms with Crippen LogP contribution in [0, 0.1) is 34.4 Å². The molecule has 0 amide bonds. The van der Waals surface area contributed by atoms with Crippen molar-refractivity contribution in [3.8, 4) is 18.6 Å². The Labute approximate surface area is 79.6 Å². The molecule has 0 aliphatic heterocycles. The van der Waals surface area contributed by atoms with Gasteiger partial charge in [-0.3, -0.25) is 17.2 Å². The van der Waals surface area contributed by atoms with Crippen LogP contribution in [0.25, 0.3) is 0 Å². The molecule has 80 valence electrons. The predicted molar refractivity (Wildman–Crippen MR) is 33.1 cm³/mol. The maximum absolute atomic E-state index is 8.55. The molecule has 0 aromatic heterocycles. The fourth-order valence-electron chi connectivity index (χ4n) is 0. The Balaban J connectivity index is -0.0000000495. The van der Waals surface area contributed by atoms with Gasteiger partial charge in [0.1, 0.15) is 0 Å². The summed E-state index contributed by atoms with van der Waals surface area (Å²) in [4.78, 5) is 25.6. The Hall–Kier alpha value is -1.54. The van der Waals surface area contributed by atoms with Crippen LogP contribution in [0.15, 0.2) is 0 Å². The van der Waals surface area contributed by atoms with Gasteiger partial charge in [-0.2, -0.15) is 7.82 Å². The lowest BCUT2D eigenvalue weighted by Crippen LogP contribution is -2.39. The molecule has 0 atom stereocenters. The smallest absolute Gasteiger partial charge is 0.303 e. The highest BCUT2D eigenvalue weighted by Crippen LogP contribution is 2.03. The molecule has 0 saturated heterocycles. The van der Waals surface area contributed by atoms with Crippen molar-refractivity contribution >= 4 is 7.82 Å². The van der Waals surface area contributed by atoms with Crippen LogP contribution >= 0.6 is 7.82 Å². The van der Waals surface area contributed by atoms with Crippen molar-refractivity contribution in [1.82, 2.24) is 0 Å². The lowest BCUT2D eigenvalue weighted by atomic mass is 11.5. The van der Waals surface area contributed by atoms with Gasteiger partial charge in [0.15, 0.2) is 0 Å². The Kier molecular flexibility index (Phi) is 36.8. The van der Waals surface area contributed by atoms with Crippen molar-refractivity contribution in [3.05, 3.63) is 0 Å². The monoisotopic (exact) mass is 224 g/mol. The van der Waals surface area contributed by atoms with Crippen LogP contribution in [0.4, 0.5) is 0 Å². The molecule has 0 aliphatic rings. The van der Waals surface area contributed by atoms with E-state index < -0.39 is 7.82 Å². The number of quaternary nitrogens is 3. The second kappa shape index (κ2) is 22.5. The van der Waals surface area contributed by atoms with E-state index in [4.69, 9.17) is 35.0 Å². The first kappa shape index (κ1) is 22.9. The third kappa shape index (κ3) is 395. The number of hydrogen-bond donors (Lipinski definition) is 3. The molecule has 14 heavy (non-hydrogen) atoms. The molecule has 0 rings (SSSR count). The van der Waals surface area contributed by atoms with E-state index in [0.29, 0.717) is 0 Å². The Morgan fingerprint density at radius 1 is 0.857 bits per heavy atom. The van der Waals surface area contributed by atoms with Crippen LogP contribution in [0.3, 0.4) is 0 Å². The van der Waals surface area contributed by atoms with Gasteiger partial charge in [-0.15, -0.1) is 15.8 Å². The van der Waals surface area contributed by atoms with Crippen molar-refractivity contribution in [1.29, 1.82) is 15.8 Å². The van der Waals surface area contributed by atoms with E-state index in [1.54, 1.807) is 0 Å². The average Bonchev–Trinajstić information content (AvgIpc) is 1.86. The summed E-state index contributed by atoms with van der Waals surface area (Å²) in [5.41, 5.74) is 8.38. The first-order chi connectivity index (χ1) is 6.24. The van der Waals surface area contributed by atoms with E-state index in [1.165, 1.54) is 18.6 Å². The first-order valence-electron chi connectivity index (χ1n) is 2.46. The second-order valence-corrected chi connectivity index (χ2v) is 1.82. The van der Waals surface area contributed by atoms with E-state index in [2.05, 4.69) is 17.2 Å². The Morgan fingerprint density at radius 3 is 0.857 bits per heavy atom. The molecule has 0 heterocycles. The van der Waals surface area contributed by atoms with Crippen molar-refractivity contribution in [2.24, 2.45) is 0 Å². The molecule has 0 bridgehead atoms. The minimum absolute atomic E-state index is 1.50. The van der Waals surface area contributed by atoms with Crippen molar-refractivity contribution in [2.75, 3.05) is 0 Å². The molecule has 0 fully saturated rings. The molecule has 10 nitrogen and oxygen atoms in total. The molecule has 0 saturated carbocycles. The van der Waals surface area contributed by atoms with E-state index in [0.717, 1.165) is 0 Å². The molecule has 0 unspecified atom stereocenters. The zero-order valence-electron chi connectivity index (χ0n) is 7.04. The highest BCUT2D eigenvalue weighted by atomic mass is 31.2. The molecule has 9 N–H and O–H groups in total. The van der Waals surface area contributed by atoms with Gasteiger partial charge in [0.2, 0.25) is 0 Å². The summed E-state index contributed by atoms with van der Waals surface area (Å²) in [5.74, 6) is 0. The van der Waals surface area contributed by atoms with Gasteiger partial charge in [-0.25, -0.2) is 0 Å². The molecule has 0 aromatic rings. The fraction of sp³-hybridized carbons (Fsp3) is 0. The highest BCUT2D eigenvalue weighted by Gasteiger charge is 1.44. The summed E-state index contributed by atoms with van der Waals surface area (Å²) in [6, 6.07) is 0. The molecular formula is C3H9N6O4P. The zero-order chi connectivity index (χ0) is 12.6. The molecule has 0 spiro atoms. The molecular weight excluding hydrogens is 215 g/mol. The summed E-state index contributed by atoms with van der Waals surface area (Å²) in [6.45, 7) is 0. The Morgan fingerprint density at radius 2 is 0.857 bits per heavy atom. The van der Waals surface area contributed by atoms with E-state index in [1.807, 2.05) is 0 Å². The first-order valence-corrected chi connectivity index (χ1v) is 3.92. The third-order valence-corrected chi connectivity index (χ3v) is 0. The van der Waals surface area contributed by atoms with Gasteiger partial charge in [0, 0.05) is 0 Å². The summed E-state index contributed by atoms with van der Waals surface area (Å²) in [5, 5.41) is 21.6. The van der Waals surface area contributed by atoms with Crippen LogP contribution in [0.5, 0.6) is 0 Å². The maximum Gasteiger partial charge on any atom is 0.303 e. The molecule has 0 radical (unpaired) electrons. The Bertz CT molecular complexity index is 217. The normalized spacial score (nSPS) is 5.93. The minimum Gasteiger partial charge on any atom is -0.822 e. The molecule has 0 aliphatic carbocycles. The third-order valence-electron chi connectivity index (χ3n) is 0. The van der Waals surface area contributed by atoms with Gasteiger partial charge < -0.3 is 19.2 Å². The fourth-order valence-corrected chi connectivity index (χ4v) is 0. The van der Waals surface area contributed by atoms with Crippen molar-refractivity contribution in [2.45, 2.75) is 0 Å². The largest absolute Gasteiger partial charge is 0.822 e. The van der Waals surface area contributed by atoms with E-state index in [-0.39, 0.29) is 0 Å². The number of hydrogen-bond acceptors (Lipinski definition) is 7. The molecule has 11 heteroatoms. The van der Waals surface area contributed by atoms with Crippen molar-refractivity contribution < 1.29 is 36.4 Å². The lowest BCUT2D eigenvalue weighted by molar-refractivity contribution is -0.432. The van der Waals surface area contributed by atoms with Gasteiger partial charge in [-0.1, -0.05) is 0 Å². The summed E-state index contributed by atoms with van der Waals surface area (Å²) in [7, 11) is -5.39. The van der Waals surface area contributed by atoms with Gasteiger partial charge in [0.05, 0.1) is 0 Å². The van der Waals surface area contributed by atoms with Gasteiger partial charge >= 0.3 is 18.6 Å². The number of nitriles is 3.